The third-order valence-corrected chi connectivity index (χ3v) is 6.46. The van der Waals surface area contributed by atoms with Crippen molar-refractivity contribution in [3.05, 3.63) is 0 Å². The second-order valence-electron chi connectivity index (χ2n) is 6.18. The Kier molecular flexibility index (Phi) is 4.34. The molecule has 1 aliphatic heterocycles. The molecule has 0 aromatic rings. The number of nitrogens with two attached hydrogens (primary N) is 1. The minimum absolute atomic E-state index is 0.146. The third kappa shape index (κ3) is 3.06. The second-order valence-corrected chi connectivity index (χ2v) is 8.41. The van der Waals surface area contributed by atoms with E-state index >= 15 is 0 Å². The molecule has 106 valence electrons. The summed E-state index contributed by atoms with van der Waals surface area (Å²) in [5.41, 5.74) is 5.90. The Bertz CT molecular complexity index is 382. The highest BCUT2D eigenvalue weighted by Crippen LogP contribution is 2.33. The van der Waals surface area contributed by atoms with Crippen molar-refractivity contribution in [3.8, 4) is 0 Å². The number of hydrogen-bond acceptors (Lipinski definition) is 4. The van der Waals surface area contributed by atoms with E-state index in [1.54, 1.807) is 0 Å². The van der Waals surface area contributed by atoms with Crippen LogP contribution >= 0.6 is 0 Å². The molecule has 4 atom stereocenters. The first-order valence-electron chi connectivity index (χ1n) is 7.09. The van der Waals surface area contributed by atoms with Gasteiger partial charge in [0.25, 0.3) is 0 Å². The molecule has 0 aromatic carbocycles. The van der Waals surface area contributed by atoms with Crippen LogP contribution in [0.2, 0.25) is 0 Å². The van der Waals surface area contributed by atoms with Gasteiger partial charge in [-0.1, -0.05) is 13.3 Å². The first kappa shape index (κ1) is 14.3. The molecule has 0 radical (unpaired) electrons. The topological polar surface area (TPSA) is 63.4 Å². The summed E-state index contributed by atoms with van der Waals surface area (Å²) in [5, 5.41) is 0. The zero-order chi connectivity index (χ0) is 13.3. The standard InChI is InChI=1S/C13H26N2O2S/c1-10-3-4-12(8-14)13(7-10)15-5-6-18(16,17)9-11(15)2/h10-13H,3-9,14H2,1-2H3. The molecule has 18 heavy (non-hydrogen) atoms. The lowest BCUT2D eigenvalue weighted by Gasteiger charge is -2.46. The number of nitrogens with zero attached hydrogens (tertiary/aromatic N) is 1. The SMILES string of the molecule is CC1CCC(CN)C(N2CCS(=O)(=O)CC2C)C1. The van der Waals surface area contributed by atoms with Crippen LogP contribution in [0.1, 0.15) is 33.1 Å². The Morgan fingerprint density at radius 3 is 2.61 bits per heavy atom. The molecular formula is C13H26N2O2S. The summed E-state index contributed by atoms with van der Waals surface area (Å²) in [7, 11) is -2.81. The summed E-state index contributed by atoms with van der Waals surface area (Å²) >= 11 is 0. The van der Waals surface area contributed by atoms with Crippen LogP contribution in [-0.2, 0) is 9.84 Å². The summed E-state index contributed by atoms with van der Waals surface area (Å²) in [6.07, 6.45) is 3.63. The van der Waals surface area contributed by atoms with Crippen LogP contribution in [0.4, 0.5) is 0 Å². The average Bonchev–Trinajstić information content (AvgIpc) is 2.28. The molecule has 0 aromatic heterocycles. The van der Waals surface area contributed by atoms with Crippen molar-refractivity contribution in [2.45, 2.75) is 45.2 Å². The van der Waals surface area contributed by atoms with Gasteiger partial charge in [-0.2, -0.15) is 0 Å². The zero-order valence-corrected chi connectivity index (χ0v) is 12.3. The number of rotatable bonds is 2. The lowest BCUT2D eigenvalue weighted by Crippen LogP contribution is -2.56. The van der Waals surface area contributed by atoms with Crippen molar-refractivity contribution in [3.63, 3.8) is 0 Å². The predicted octanol–water partition coefficient (Wildman–Crippen LogP) is 0.869. The van der Waals surface area contributed by atoms with E-state index in [4.69, 9.17) is 5.73 Å². The van der Waals surface area contributed by atoms with E-state index in [0.29, 0.717) is 30.0 Å². The number of hydrogen-bond donors (Lipinski definition) is 1. The maximum absolute atomic E-state index is 11.7. The van der Waals surface area contributed by atoms with E-state index < -0.39 is 9.84 Å². The minimum Gasteiger partial charge on any atom is -0.330 e. The quantitative estimate of drug-likeness (QED) is 0.811. The predicted molar refractivity (Wildman–Crippen MR) is 74.2 cm³/mol. The Balaban J connectivity index is 2.09. The molecule has 2 N–H and O–H groups in total. The Labute approximate surface area is 111 Å². The van der Waals surface area contributed by atoms with Crippen molar-refractivity contribution in [2.75, 3.05) is 24.6 Å². The molecule has 0 spiro atoms. The van der Waals surface area contributed by atoms with Crippen molar-refractivity contribution in [2.24, 2.45) is 17.6 Å². The lowest BCUT2D eigenvalue weighted by atomic mass is 9.78. The highest BCUT2D eigenvalue weighted by atomic mass is 32.2. The van der Waals surface area contributed by atoms with Crippen LogP contribution < -0.4 is 5.73 Å². The van der Waals surface area contributed by atoms with Gasteiger partial charge in [0.2, 0.25) is 0 Å². The van der Waals surface area contributed by atoms with Crippen LogP contribution in [0, 0.1) is 11.8 Å². The van der Waals surface area contributed by atoms with Crippen LogP contribution in [0.5, 0.6) is 0 Å². The highest BCUT2D eigenvalue weighted by Gasteiger charge is 2.38. The van der Waals surface area contributed by atoms with Crippen LogP contribution in [0.3, 0.4) is 0 Å². The van der Waals surface area contributed by atoms with Gasteiger partial charge in [-0.05, 0) is 38.1 Å². The summed E-state index contributed by atoms with van der Waals surface area (Å²) in [6.45, 7) is 5.76. The molecule has 4 unspecified atom stereocenters. The lowest BCUT2D eigenvalue weighted by molar-refractivity contribution is 0.0638. The van der Waals surface area contributed by atoms with Crippen LogP contribution in [0.15, 0.2) is 0 Å². The molecule has 5 heteroatoms. The normalized spacial score (nSPS) is 41.7. The smallest absolute Gasteiger partial charge is 0.153 e. The van der Waals surface area contributed by atoms with Gasteiger partial charge in [-0.25, -0.2) is 8.42 Å². The van der Waals surface area contributed by atoms with Gasteiger partial charge in [0.1, 0.15) is 0 Å². The molecule has 4 nitrogen and oxygen atoms in total. The largest absolute Gasteiger partial charge is 0.330 e. The molecule has 1 aliphatic carbocycles. The third-order valence-electron chi connectivity index (χ3n) is 4.67. The summed E-state index contributed by atoms with van der Waals surface area (Å²) in [4.78, 5) is 2.41. The monoisotopic (exact) mass is 274 g/mol. The molecule has 0 bridgehead atoms. The maximum Gasteiger partial charge on any atom is 0.153 e. The van der Waals surface area contributed by atoms with E-state index in [9.17, 15) is 8.42 Å². The summed E-state index contributed by atoms with van der Waals surface area (Å²) < 4.78 is 23.3. The Morgan fingerprint density at radius 1 is 1.28 bits per heavy atom. The van der Waals surface area contributed by atoms with Crippen molar-refractivity contribution >= 4 is 9.84 Å². The van der Waals surface area contributed by atoms with Gasteiger partial charge >= 0.3 is 0 Å². The Morgan fingerprint density at radius 2 is 2.00 bits per heavy atom. The molecule has 2 aliphatic rings. The van der Waals surface area contributed by atoms with E-state index in [1.165, 1.54) is 19.3 Å². The summed E-state index contributed by atoms with van der Waals surface area (Å²) in [5.74, 6) is 1.92. The first-order valence-corrected chi connectivity index (χ1v) is 8.91. The van der Waals surface area contributed by atoms with Crippen LogP contribution in [0.25, 0.3) is 0 Å². The molecular weight excluding hydrogens is 248 g/mol. The van der Waals surface area contributed by atoms with E-state index in [0.717, 1.165) is 12.5 Å². The Hall–Kier alpha value is -0.130. The molecule has 2 rings (SSSR count). The van der Waals surface area contributed by atoms with Crippen molar-refractivity contribution < 1.29 is 8.42 Å². The fraction of sp³-hybridized carbons (Fsp3) is 1.00. The van der Waals surface area contributed by atoms with E-state index in [-0.39, 0.29) is 6.04 Å². The van der Waals surface area contributed by atoms with E-state index in [2.05, 4.69) is 11.8 Å². The fourth-order valence-electron chi connectivity index (χ4n) is 3.60. The highest BCUT2D eigenvalue weighted by molar-refractivity contribution is 7.91. The molecule has 0 amide bonds. The van der Waals surface area contributed by atoms with Gasteiger partial charge in [0.05, 0.1) is 11.5 Å². The average molecular weight is 274 g/mol. The summed E-state index contributed by atoms with van der Waals surface area (Å²) in [6, 6.07) is 0.636. The van der Waals surface area contributed by atoms with Crippen molar-refractivity contribution in [1.82, 2.24) is 4.90 Å². The second kappa shape index (κ2) is 5.47. The zero-order valence-electron chi connectivity index (χ0n) is 11.5. The first-order chi connectivity index (χ1) is 8.43. The minimum atomic E-state index is -2.81. The molecule has 2 fully saturated rings. The van der Waals surface area contributed by atoms with Gasteiger partial charge in [0.15, 0.2) is 9.84 Å². The molecule has 1 heterocycles. The van der Waals surface area contributed by atoms with E-state index in [1.807, 2.05) is 6.92 Å². The molecule has 1 saturated carbocycles. The van der Waals surface area contributed by atoms with Gasteiger partial charge in [-0.15, -0.1) is 0 Å². The van der Waals surface area contributed by atoms with Gasteiger partial charge < -0.3 is 5.73 Å². The van der Waals surface area contributed by atoms with Crippen LogP contribution in [-0.4, -0.2) is 50.0 Å². The van der Waals surface area contributed by atoms with Gasteiger partial charge in [-0.3, -0.25) is 4.90 Å². The maximum atomic E-state index is 11.7. The fourth-order valence-corrected chi connectivity index (χ4v) is 5.18. The number of sulfone groups is 1. The van der Waals surface area contributed by atoms with Crippen molar-refractivity contribution in [1.29, 1.82) is 0 Å². The molecule has 1 saturated heterocycles. The van der Waals surface area contributed by atoms with Gasteiger partial charge in [0, 0.05) is 18.6 Å².